The van der Waals surface area contributed by atoms with Crippen molar-refractivity contribution in [1.29, 1.82) is 0 Å². The Kier molecular flexibility index (Phi) is 11.6. The van der Waals surface area contributed by atoms with Crippen molar-refractivity contribution >= 4 is 0 Å². The summed E-state index contributed by atoms with van der Waals surface area (Å²) in [5.74, 6) is 3.61. The lowest BCUT2D eigenvalue weighted by molar-refractivity contribution is -0.261. The number of ether oxygens (including phenoxy) is 4. The van der Waals surface area contributed by atoms with Gasteiger partial charge in [-0.25, -0.2) is 0 Å². The molecule has 4 rings (SSSR count). The van der Waals surface area contributed by atoms with E-state index in [1.54, 1.807) is 0 Å². The Morgan fingerprint density at radius 1 is 0.789 bits per heavy atom. The molecule has 0 N–H and O–H groups in total. The molecule has 220 valence electrons. The zero-order valence-electron chi connectivity index (χ0n) is 26.5. The molecule has 4 nitrogen and oxygen atoms in total. The summed E-state index contributed by atoms with van der Waals surface area (Å²) >= 11 is 0. The summed E-state index contributed by atoms with van der Waals surface area (Å²) in [6.45, 7) is 26.2. The zero-order valence-corrected chi connectivity index (χ0v) is 26.5. The molecule has 0 aromatic heterocycles. The van der Waals surface area contributed by atoms with Gasteiger partial charge < -0.3 is 18.9 Å². The van der Waals surface area contributed by atoms with E-state index in [1.807, 2.05) is 0 Å². The highest BCUT2D eigenvalue weighted by atomic mass is 16.7. The maximum absolute atomic E-state index is 6.11. The van der Waals surface area contributed by atoms with Gasteiger partial charge in [0.25, 0.3) is 0 Å². The van der Waals surface area contributed by atoms with Gasteiger partial charge in [0, 0.05) is 22.7 Å². The summed E-state index contributed by atoms with van der Waals surface area (Å²) < 4.78 is 24.4. The second kappa shape index (κ2) is 13.8. The van der Waals surface area contributed by atoms with Gasteiger partial charge in [0.2, 0.25) is 0 Å². The molecule has 4 heteroatoms. The fourth-order valence-corrected chi connectivity index (χ4v) is 6.71. The van der Waals surface area contributed by atoms with E-state index in [0.29, 0.717) is 35.5 Å². The second-order valence-corrected chi connectivity index (χ2v) is 14.1. The van der Waals surface area contributed by atoms with Crippen LogP contribution in [0.25, 0.3) is 0 Å². The van der Waals surface area contributed by atoms with Crippen molar-refractivity contribution in [2.24, 2.45) is 46.3 Å². The first-order chi connectivity index (χ1) is 17.9. The number of hydrogen-bond donors (Lipinski definition) is 0. The van der Waals surface area contributed by atoms with Crippen molar-refractivity contribution in [1.82, 2.24) is 0 Å². The quantitative estimate of drug-likeness (QED) is 0.320. The van der Waals surface area contributed by atoms with Crippen LogP contribution in [-0.4, -0.2) is 39.0 Å². The van der Waals surface area contributed by atoms with Crippen molar-refractivity contribution in [2.45, 2.75) is 120 Å². The zero-order chi connectivity index (χ0) is 28.1. The van der Waals surface area contributed by atoms with Crippen LogP contribution in [0.1, 0.15) is 108 Å². The maximum atomic E-state index is 6.11. The SMILES string of the molecule is CCC(C)C1(C)COC(C2CC=C(C)CC2C)OC1.CCC(C)C1(C)COC(C2CCC(C)=CC2C)OC1. The molecular formula is C34H60O4. The molecule has 0 aromatic carbocycles. The lowest BCUT2D eigenvalue weighted by atomic mass is 9.76. The minimum Gasteiger partial charge on any atom is -0.352 e. The van der Waals surface area contributed by atoms with Gasteiger partial charge in [-0.1, -0.05) is 91.5 Å². The number of allylic oxidation sites excluding steroid dienone is 4. The van der Waals surface area contributed by atoms with Crippen LogP contribution in [0, 0.1) is 46.3 Å². The monoisotopic (exact) mass is 532 g/mol. The maximum Gasteiger partial charge on any atom is 0.160 e. The average Bonchev–Trinajstić information content (AvgIpc) is 2.89. The van der Waals surface area contributed by atoms with E-state index < -0.39 is 0 Å². The van der Waals surface area contributed by atoms with Crippen molar-refractivity contribution in [3.63, 3.8) is 0 Å². The van der Waals surface area contributed by atoms with E-state index in [2.05, 4.69) is 81.4 Å². The standard InChI is InChI=1S/2C17H30O2/c2*1-6-14(4)17(5)10-18-16(19-11-17)15-8-7-12(2)9-13(15)3/h9,13-16H,6-8,10-11H2,1-5H3;7,13-16H,6,8-11H2,1-5H3. The summed E-state index contributed by atoms with van der Waals surface area (Å²) in [6.07, 6.45) is 11.9. The highest BCUT2D eigenvalue weighted by molar-refractivity contribution is 5.07. The van der Waals surface area contributed by atoms with E-state index in [9.17, 15) is 0 Å². The largest absolute Gasteiger partial charge is 0.352 e. The predicted octanol–water partition coefficient (Wildman–Crippen LogP) is 8.81. The minimum absolute atomic E-state index is 0.0106. The van der Waals surface area contributed by atoms with Gasteiger partial charge in [0.1, 0.15) is 0 Å². The van der Waals surface area contributed by atoms with Crippen LogP contribution < -0.4 is 0 Å². The third-order valence-electron chi connectivity index (χ3n) is 10.8. The van der Waals surface area contributed by atoms with E-state index in [1.165, 1.54) is 43.3 Å². The van der Waals surface area contributed by atoms with Crippen LogP contribution in [0.4, 0.5) is 0 Å². The van der Waals surface area contributed by atoms with Crippen LogP contribution in [-0.2, 0) is 18.9 Å². The van der Waals surface area contributed by atoms with Gasteiger partial charge in [-0.3, -0.25) is 0 Å². The first-order valence-corrected chi connectivity index (χ1v) is 15.7. The summed E-state index contributed by atoms with van der Waals surface area (Å²) in [6, 6.07) is 0. The number of hydrogen-bond acceptors (Lipinski definition) is 4. The Hall–Kier alpha value is -0.680. The third-order valence-corrected chi connectivity index (χ3v) is 10.8. The smallest absolute Gasteiger partial charge is 0.160 e. The van der Waals surface area contributed by atoms with E-state index in [0.717, 1.165) is 32.8 Å². The Bertz CT molecular complexity index is 750. The molecule has 4 aliphatic rings. The van der Waals surface area contributed by atoms with Crippen LogP contribution in [0.3, 0.4) is 0 Å². The molecule has 0 spiro atoms. The molecule has 38 heavy (non-hydrogen) atoms. The van der Waals surface area contributed by atoms with Gasteiger partial charge >= 0.3 is 0 Å². The van der Waals surface area contributed by atoms with Crippen LogP contribution in [0.15, 0.2) is 23.3 Å². The number of rotatable bonds is 6. The molecule has 0 amide bonds. The fourth-order valence-electron chi connectivity index (χ4n) is 6.71. The third kappa shape index (κ3) is 7.74. The molecule has 6 unspecified atom stereocenters. The molecule has 2 aliphatic heterocycles. The lowest BCUT2D eigenvalue weighted by Gasteiger charge is -2.44. The van der Waals surface area contributed by atoms with E-state index >= 15 is 0 Å². The molecule has 2 aliphatic carbocycles. The fraction of sp³-hybridized carbons (Fsp3) is 0.882. The highest BCUT2D eigenvalue weighted by Crippen LogP contribution is 2.41. The van der Waals surface area contributed by atoms with Crippen molar-refractivity contribution < 1.29 is 18.9 Å². The molecule has 2 fully saturated rings. The molecule has 0 saturated carbocycles. The van der Waals surface area contributed by atoms with Gasteiger partial charge in [0.05, 0.1) is 26.4 Å². The Morgan fingerprint density at radius 3 is 1.68 bits per heavy atom. The molecule has 6 atom stereocenters. The first-order valence-electron chi connectivity index (χ1n) is 15.7. The molecule has 2 heterocycles. The van der Waals surface area contributed by atoms with Crippen LogP contribution >= 0.6 is 0 Å². The van der Waals surface area contributed by atoms with Gasteiger partial charge in [0.15, 0.2) is 12.6 Å². The highest BCUT2D eigenvalue weighted by Gasteiger charge is 2.41. The van der Waals surface area contributed by atoms with Gasteiger partial charge in [-0.15, -0.1) is 0 Å². The molecule has 0 aromatic rings. The molecule has 0 bridgehead atoms. The Labute approximate surface area is 235 Å². The normalized spacial score (nSPS) is 41.7. The molecule has 0 radical (unpaired) electrons. The Balaban J connectivity index is 0.000000211. The summed E-state index contributed by atoms with van der Waals surface area (Å²) in [5.41, 5.74) is 3.41. The summed E-state index contributed by atoms with van der Waals surface area (Å²) in [4.78, 5) is 0. The van der Waals surface area contributed by atoms with Crippen LogP contribution in [0.2, 0.25) is 0 Å². The second-order valence-electron chi connectivity index (χ2n) is 14.1. The van der Waals surface area contributed by atoms with Crippen molar-refractivity contribution in [3.8, 4) is 0 Å². The first kappa shape index (κ1) is 31.8. The minimum atomic E-state index is 0.0106. The molecule has 2 saturated heterocycles. The van der Waals surface area contributed by atoms with Crippen LogP contribution in [0.5, 0.6) is 0 Å². The Morgan fingerprint density at radius 2 is 1.26 bits per heavy atom. The lowest BCUT2D eigenvalue weighted by Crippen LogP contribution is -2.47. The van der Waals surface area contributed by atoms with E-state index in [-0.39, 0.29) is 23.4 Å². The van der Waals surface area contributed by atoms with Crippen molar-refractivity contribution in [3.05, 3.63) is 23.3 Å². The van der Waals surface area contributed by atoms with Crippen molar-refractivity contribution in [2.75, 3.05) is 26.4 Å². The predicted molar refractivity (Wildman–Crippen MR) is 158 cm³/mol. The summed E-state index contributed by atoms with van der Waals surface area (Å²) in [7, 11) is 0. The van der Waals surface area contributed by atoms with Gasteiger partial charge in [-0.2, -0.15) is 0 Å². The van der Waals surface area contributed by atoms with Gasteiger partial charge in [-0.05, 0) is 63.2 Å². The summed E-state index contributed by atoms with van der Waals surface area (Å²) in [5, 5.41) is 0. The average molecular weight is 533 g/mol. The van der Waals surface area contributed by atoms with E-state index in [4.69, 9.17) is 18.9 Å². The topological polar surface area (TPSA) is 36.9 Å². The molecular weight excluding hydrogens is 472 g/mol.